The summed E-state index contributed by atoms with van der Waals surface area (Å²) < 4.78 is 0. The zero-order chi connectivity index (χ0) is 24.3. The van der Waals surface area contributed by atoms with Gasteiger partial charge in [-0.25, -0.2) is 9.78 Å². The molecule has 2 aromatic carbocycles. The Bertz CT molecular complexity index is 1350. The fourth-order valence-electron chi connectivity index (χ4n) is 4.54. The first-order valence-electron chi connectivity index (χ1n) is 12.5. The van der Waals surface area contributed by atoms with E-state index < -0.39 is 0 Å². The Kier molecular flexibility index (Phi) is 6.17. The van der Waals surface area contributed by atoms with Gasteiger partial charge in [-0.15, -0.1) is 0 Å². The zero-order valence-electron chi connectivity index (χ0n) is 20.1. The van der Waals surface area contributed by atoms with Gasteiger partial charge >= 0.3 is 6.03 Å². The van der Waals surface area contributed by atoms with Crippen LogP contribution in [0.5, 0.6) is 0 Å². The van der Waals surface area contributed by atoms with Crippen LogP contribution in [0.2, 0.25) is 0 Å². The van der Waals surface area contributed by atoms with Gasteiger partial charge in [0.1, 0.15) is 5.82 Å². The fourth-order valence-corrected chi connectivity index (χ4v) is 4.54. The highest BCUT2D eigenvalue weighted by Crippen LogP contribution is 2.26. The number of carbonyl (C=O) groups is 1. The number of urea groups is 1. The number of rotatable bonds is 6. The third-order valence-corrected chi connectivity index (χ3v) is 6.74. The summed E-state index contributed by atoms with van der Waals surface area (Å²) in [5.41, 5.74) is 5.93. The summed E-state index contributed by atoms with van der Waals surface area (Å²) in [6, 6.07) is 18.4. The lowest BCUT2D eigenvalue weighted by atomic mass is 10.0. The maximum Gasteiger partial charge on any atom is 0.319 e. The summed E-state index contributed by atoms with van der Waals surface area (Å²) in [7, 11) is 0. The molecule has 1 aliphatic carbocycles. The monoisotopic (exact) mass is 479 g/mol. The van der Waals surface area contributed by atoms with Gasteiger partial charge in [0, 0.05) is 56.8 Å². The Balaban J connectivity index is 1.12. The first-order chi connectivity index (χ1) is 17.7. The van der Waals surface area contributed by atoms with Gasteiger partial charge < -0.3 is 15.5 Å². The van der Waals surface area contributed by atoms with E-state index in [1.165, 1.54) is 5.56 Å². The number of aromatic nitrogens is 3. The lowest BCUT2D eigenvalue weighted by Gasteiger charge is -2.35. The van der Waals surface area contributed by atoms with Crippen LogP contribution in [-0.2, 0) is 6.54 Å². The van der Waals surface area contributed by atoms with Gasteiger partial charge in [-0.1, -0.05) is 24.3 Å². The Morgan fingerprint density at radius 3 is 2.47 bits per heavy atom. The van der Waals surface area contributed by atoms with Crippen LogP contribution in [0.25, 0.3) is 22.2 Å². The SMILES string of the molecule is O=C(Nc1ccc(-c2ccc3ncc(N4CCN(Cc5cccnc5)CC4)nc3c2)cc1)NC1CC1. The molecule has 0 bridgehead atoms. The van der Waals surface area contributed by atoms with Crippen molar-refractivity contribution in [3.05, 3.63) is 78.8 Å². The largest absolute Gasteiger partial charge is 0.353 e. The third-order valence-electron chi connectivity index (χ3n) is 6.74. The van der Waals surface area contributed by atoms with Gasteiger partial charge in [0.25, 0.3) is 0 Å². The van der Waals surface area contributed by atoms with Crippen molar-refractivity contribution in [3.63, 3.8) is 0 Å². The minimum Gasteiger partial charge on any atom is -0.353 e. The van der Waals surface area contributed by atoms with Crippen LogP contribution in [-0.4, -0.2) is 58.1 Å². The summed E-state index contributed by atoms with van der Waals surface area (Å²) in [6.07, 6.45) is 7.78. The van der Waals surface area contributed by atoms with Crippen molar-refractivity contribution in [2.24, 2.45) is 0 Å². The molecular weight excluding hydrogens is 450 g/mol. The number of nitrogens with one attached hydrogen (secondary N) is 2. The van der Waals surface area contributed by atoms with E-state index in [4.69, 9.17) is 4.98 Å². The molecule has 2 aromatic heterocycles. The molecule has 36 heavy (non-hydrogen) atoms. The summed E-state index contributed by atoms with van der Waals surface area (Å²) >= 11 is 0. The topological polar surface area (TPSA) is 86.3 Å². The smallest absolute Gasteiger partial charge is 0.319 e. The van der Waals surface area contributed by atoms with Crippen molar-refractivity contribution < 1.29 is 4.79 Å². The van der Waals surface area contributed by atoms with Crippen molar-refractivity contribution in [2.75, 3.05) is 36.4 Å². The van der Waals surface area contributed by atoms with E-state index in [1.807, 2.05) is 55.0 Å². The molecule has 0 atom stereocenters. The quantitative estimate of drug-likeness (QED) is 0.429. The number of benzene rings is 2. The van der Waals surface area contributed by atoms with E-state index in [2.05, 4.69) is 48.6 Å². The van der Waals surface area contributed by atoms with Gasteiger partial charge in [0.2, 0.25) is 0 Å². The second-order valence-electron chi connectivity index (χ2n) is 9.51. The summed E-state index contributed by atoms with van der Waals surface area (Å²) in [4.78, 5) is 30.6. The van der Waals surface area contributed by atoms with Gasteiger partial charge in [-0.2, -0.15) is 0 Å². The minimum atomic E-state index is -0.142. The number of amides is 2. The number of hydrogen-bond donors (Lipinski definition) is 2. The first kappa shape index (κ1) is 22.4. The molecule has 0 radical (unpaired) electrons. The standard InChI is InChI=1S/C28H29N7O/c36-28(32-24-8-9-24)31-23-6-3-21(4-7-23)22-5-10-25-26(16-22)33-27(18-30-25)35-14-12-34(13-15-35)19-20-2-1-11-29-17-20/h1-7,10-11,16-18,24H,8-9,12-15,19H2,(H2,31,32,36). The molecule has 0 unspecified atom stereocenters. The molecule has 6 rings (SSSR count). The number of pyridine rings is 1. The Hall–Kier alpha value is -4.04. The van der Waals surface area contributed by atoms with E-state index in [1.54, 1.807) is 0 Å². The molecule has 2 fully saturated rings. The van der Waals surface area contributed by atoms with Gasteiger partial charge in [-0.3, -0.25) is 14.9 Å². The molecule has 3 heterocycles. The summed E-state index contributed by atoms with van der Waals surface area (Å²) in [5.74, 6) is 0.918. The molecule has 2 aliphatic rings. The molecule has 4 aromatic rings. The molecule has 2 amide bonds. The number of nitrogens with zero attached hydrogens (tertiary/aromatic N) is 5. The predicted molar refractivity (Wildman–Crippen MR) is 142 cm³/mol. The van der Waals surface area contributed by atoms with E-state index in [0.717, 1.165) is 79.2 Å². The van der Waals surface area contributed by atoms with Crippen LogP contribution in [0.3, 0.4) is 0 Å². The highest BCUT2D eigenvalue weighted by atomic mass is 16.2. The Morgan fingerprint density at radius 1 is 0.917 bits per heavy atom. The molecule has 2 N–H and O–H groups in total. The van der Waals surface area contributed by atoms with Crippen molar-refractivity contribution in [1.29, 1.82) is 0 Å². The number of fused-ring (bicyclic) bond motifs is 1. The molecular formula is C28H29N7O. The van der Waals surface area contributed by atoms with Crippen LogP contribution >= 0.6 is 0 Å². The normalized spacial score (nSPS) is 16.2. The van der Waals surface area contributed by atoms with Crippen LogP contribution in [0.4, 0.5) is 16.3 Å². The number of carbonyl (C=O) groups excluding carboxylic acids is 1. The van der Waals surface area contributed by atoms with Crippen LogP contribution in [0.1, 0.15) is 18.4 Å². The van der Waals surface area contributed by atoms with E-state index in [9.17, 15) is 4.79 Å². The maximum absolute atomic E-state index is 12.0. The van der Waals surface area contributed by atoms with E-state index >= 15 is 0 Å². The Morgan fingerprint density at radius 2 is 1.72 bits per heavy atom. The zero-order valence-corrected chi connectivity index (χ0v) is 20.1. The number of piperazine rings is 1. The third kappa shape index (κ3) is 5.28. The molecule has 182 valence electrons. The van der Waals surface area contributed by atoms with Gasteiger partial charge in [0.05, 0.1) is 17.2 Å². The van der Waals surface area contributed by atoms with E-state index in [-0.39, 0.29) is 6.03 Å². The highest BCUT2D eigenvalue weighted by molar-refractivity contribution is 5.90. The first-order valence-corrected chi connectivity index (χ1v) is 12.5. The lowest BCUT2D eigenvalue weighted by Crippen LogP contribution is -2.46. The van der Waals surface area contributed by atoms with Crippen LogP contribution < -0.4 is 15.5 Å². The average molecular weight is 480 g/mol. The molecule has 8 nitrogen and oxygen atoms in total. The van der Waals surface area contributed by atoms with Crippen molar-refractivity contribution in [3.8, 4) is 11.1 Å². The second kappa shape index (κ2) is 9.91. The van der Waals surface area contributed by atoms with Crippen LogP contribution in [0, 0.1) is 0 Å². The number of anilines is 2. The Labute approximate surface area is 210 Å². The van der Waals surface area contributed by atoms with Crippen molar-refractivity contribution >= 4 is 28.6 Å². The lowest BCUT2D eigenvalue weighted by molar-refractivity contribution is 0.249. The summed E-state index contributed by atoms with van der Waals surface area (Å²) in [6.45, 7) is 4.72. The van der Waals surface area contributed by atoms with Crippen LogP contribution in [0.15, 0.2) is 73.2 Å². The predicted octanol–water partition coefficient (Wildman–Crippen LogP) is 4.30. The molecule has 1 aliphatic heterocycles. The maximum atomic E-state index is 12.0. The minimum absolute atomic E-state index is 0.142. The van der Waals surface area contributed by atoms with Gasteiger partial charge in [0.15, 0.2) is 0 Å². The molecule has 8 heteroatoms. The second-order valence-corrected chi connectivity index (χ2v) is 9.51. The van der Waals surface area contributed by atoms with Gasteiger partial charge in [-0.05, 0) is 59.9 Å². The van der Waals surface area contributed by atoms with E-state index in [0.29, 0.717) is 6.04 Å². The average Bonchev–Trinajstić information content (AvgIpc) is 3.73. The summed E-state index contributed by atoms with van der Waals surface area (Å²) in [5, 5.41) is 5.84. The molecule has 0 spiro atoms. The van der Waals surface area contributed by atoms with Crippen molar-refractivity contribution in [1.82, 2.24) is 25.2 Å². The van der Waals surface area contributed by atoms with Crippen molar-refractivity contribution in [2.45, 2.75) is 25.4 Å². The fraction of sp³-hybridized carbons (Fsp3) is 0.286. The molecule has 1 saturated heterocycles. The number of hydrogen-bond acceptors (Lipinski definition) is 6. The highest BCUT2D eigenvalue weighted by Gasteiger charge is 2.23. The molecule has 1 saturated carbocycles.